The largest absolute Gasteiger partial charge is 0.493 e. The summed E-state index contributed by atoms with van der Waals surface area (Å²) in [6, 6.07) is 13.3. The Morgan fingerprint density at radius 1 is 1.04 bits per heavy atom. The molecule has 0 fully saturated rings. The highest BCUT2D eigenvalue weighted by atomic mass is 16.6. The number of carbonyl (C=O) groups is 1. The summed E-state index contributed by atoms with van der Waals surface area (Å²) in [4.78, 5) is 12.1. The number of hydrogen-bond acceptors (Lipinski definition) is 5. The number of methoxy groups -OCH3 is 1. The SMILES string of the molecule is COc1cc(CNc2ccccc2NC(=O)OC(C)(C)C)ccc1OC(C)C. The second-order valence-corrected chi connectivity index (χ2v) is 7.68. The fourth-order valence-electron chi connectivity index (χ4n) is 2.53. The quantitative estimate of drug-likeness (QED) is 0.663. The molecule has 0 spiro atoms. The lowest BCUT2D eigenvalue weighted by molar-refractivity contribution is 0.0636. The minimum Gasteiger partial charge on any atom is -0.493 e. The molecule has 1 amide bonds. The molecular weight excluding hydrogens is 356 g/mol. The zero-order chi connectivity index (χ0) is 20.7. The lowest BCUT2D eigenvalue weighted by atomic mass is 10.2. The number of nitrogens with one attached hydrogen (secondary N) is 2. The maximum Gasteiger partial charge on any atom is 0.412 e. The van der Waals surface area contributed by atoms with Crippen LogP contribution in [-0.4, -0.2) is 24.9 Å². The van der Waals surface area contributed by atoms with Crippen molar-refractivity contribution in [3.05, 3.63) is 48.0 Å². The number of hydrogen-bond donors (Lipinski definition) is 2. The Kier molecular flexibility index (Phi) is 7.15. The van der Waals surface area contributed by atoms with Gasteiger partial charge in [0.25, 0.3) is 0 Å². The maximum atomic E-state index is 12.1. The van der Waals surface area contributed by atoms with Crippen LogP contribution in [0.3, 0.4) is 0 Å². The van der Waals surface area contributed by atoms with Gasteiger partial charge in [-0.25, -0.2) is 4.79 Å². The molecule has 0 saturated heterocycles. The fraction of sp³-hybridized carbons (Fsp3) is 0.409. The smallest absolute Gasteiger partial charge is 0.412 e. The average Bonchev–Trinajstić information content (AvgIpc) is 2.59. The molecule has 0 saturated carbocycles. The molecule has 2 rings (SSSR count). The highest BCUT2D eigenvalue weighted by molar-refractivity contribution is 5.89. The molecule has 2 aromatic rings. The number of para-hydroxylation sites is 2. The molecule has 0 atom stereocenters. The zero-order valence-corrected chi connectivity index (χ0v) is 17.5. The van der Waals surface area contributed by atoms with E-state index >= 15 is 0 Å². The number of amides is 1. The number of ether oxygens (including phenoxy) is 3. The highest BCUT2D eigenvalue weighted by Crippen LogP contribution is 2.30. The van der Waals surface area contributed by atoms with Gasteiger partial charge in [-0.2, -0.15) is 0 Å². The van der Waals surface area contributed by atoms with Crippen molar-refractivity contribution in [2.24, 2.45) is 0 Å². The molecule has 0 aliphatic rings. The van der Waals surface area contributed by atoms with E-state index in [1.54, 1.807) is 7.11 Å². The summed E-state index contributed by atoms with van der Waals surface area (Å²) in [6.45, 7) is 10.0. The van der Waals surface area contributed by atoms with Gasteiger partial charge in [0.05, 0.1) is 24.6 Å². The van der Waals surface area contributed by atoms with E-state index in [4.69, 9.17) is 14.2 Å². The van der Waals surface area contributed by atoms with Gasteiger partial charge in [-0.1, -0.05) is 18.2 Å². The van der Waals surface area contributed by atoms with Crippen molar-refractivity contribution in [3.8, 4) is 11.5 Å². The summed E-state index contributed by atoms with van der Waals surface area (Å²) in [5, 5.41) is 6.13. The van der Waals surface area contributed by atoms with Gasteiger partial charge >= 0.3 is 6.09 Å². The van der Waals surface area contributed by atoms with Crippen molar-refractivity contribution < 1.29 is 19.0 Å². The van der Waals surface area contributed by atoms with Gasteiger partial charge < -0.3 is 19.5 Å². The van der Waals surface area contributed by atoms with E-state index in [1.165, 1.54) is 0 Å². The molecule has 0 radical (unpaired) electrons. The van der Waals surface area contributed by atoms with Gasteiger partial charge in [-0.3, -0.25) is 5.32 Å². The third kappa shape index (κ3) is 6.68. The van der Waals surface area contributed by atoms with E-state index in [2.05, 4.69) is 10.6 Å². The van der Waals surface area contributed by atoms with E-state index in [0.717, 1.165) is 11.3 Å². The van der Waals surface area contributed by atoms with E-state index in [-0.39, 0.29) is 6.10 Å². The molecule has 6 nitrogen and oxygen atoms in total. The predicted molar refractivity (Wildman–Crippen MR) is 112 cm³/mol. The van der Waals surface area contributed by atoms with E-state index in [1.807, 2.05) is 77.1 Å². The molecular formula is C22H30N2O4. The Hall–Kier alpha value is -2.89. The monoisotopic (exact) mass is 386 g/mol. The van der Waals surface area contributed by atoms with Crippen LogP contribution in [0.25, 0.3) is 0 Å². The van der Waals surface area contributed by atoms with E-state index in [0.29, 0.717) is 23.7 Å². The summed E-state index contributed by atoms with van der Waals surface area (Å²) in [7, 11) is 1.62. The first-order valence-corrected chi connectivity index (χ1v) is 9.34. The number of carbonyl (C=O) groups excluding carboxylic acids is 1. The Morgan fingerprint density at radius 3 is 2.32 bits per heavy atom. The van der Waals surface area contributed by atoms with Crippen LogP contribution in [0, 0.1) is 0 Å². The molecule has 0 aliphatic carbocycles. The standard InChI is InChI=1S/C22H30N2O4/c1-15(2)27-19-12-11-16(13-20(19)26-6)14-23-17-9-7-8-10-18(17)24-21(25)28-22(3,4)5/h7-13,15,23H,14H2,1-6H3,(H,24,25). The lowest BCUT2D eigenvalue weighted by Crippen LogP contribution is -2.27. The van der Waals surface area contributed by atoms with Crippen molar-refractivity contribution >= 4 is 17.5 Å². The van der Waals surface area contributed by atoms with Crippen molar-refractivity contribution in [3.63, 3.8) is 0 Å². The zero-order valence-electron chi connectivity index (χ0n) is 17.5. The molecule has 152 valence electrons. The summed E-state index contributed by atoms with van der Waals surface area (Å²) >= 11 is 0. The van der Waals surface area contributed by atoms with Gasteiger partial charge in [0.15, 0.2) is 11.5 Å². The van der Waals surface area contributed by atoms with Crippen molar-refractivity contribution in [2.75, 3.05) is 17.7 Å². The van der Waals surface area contributed by atoms with Crippen LogP contribution in [0.2, 0.25) is 0 Å². The second kappa shape index (κ2) is 9.35. The average molecular weight is 386 g/mol. The Balaban J connectivity index is 2.08. The second-order valence-electron chi connectivity index (χ2n) is 7.68. The van der Waals surface area contributed by atoms with Crippen molar-refractivity contribution in [1.29, 1.82) is 0 Å². The van der Waals surface area contributed by atoms with Gasteiger partial charge in [0.2, 0.25) is 0 Å². The van der Waals surface area contributed by atoms with Crippen LogP contribution in [0.1, 0.15) is 40.2 Å². The van der Waals surface area contributed by atoms with Gasteiger partial charge in [0, 0.05) is 6.54 Å². The van der Waals surface area contributed by atoms with Crippen molar-refractivity contribution in [1.82, 2.24) is 0 Å². The number of anilines is 2. The fourth-order valence-corrected chi connectivity index (χ4v) is 2.53. The van der Waals surface area contributed by atoms with Gasteiger partial charge in [-0.15, -0.1) is 0 Å². The maximum absolute atomic E-state index is 12.1. The Morgan fingerprint density at radius 2 is 1.71 bits per heavy atom. The first-order chi connectivity index (χ1) is 13.2. The van der Waals surface area contributed by atoms with Gasteiger partial charge in [-0.05, 0) is 64.4 Å². The lowest BCUT2D eigenvalue weighted by Gasteiger charge is -2.20. The number of benzene rings is 2. The summed E-state index contributed by atoms with van der Waals surface area (Å²) in [6.07, 6.45) is -0.415. The van der Waals surface area contributed by atoms with Crippen LogP contribution in [0.15, 0.2) is 42.5 Å². The molecule has 2 N–H and O–H groups in total. The first kappa shape index (κ1) is 21.4. The van der Waals surface area contributed by atoms with Crippen LogP contribution >= 0.6 is 0 Å². The van der Waals surface area contributed by atoms with E-state index in [9.17, 15) is 4.79 Å². The van der Waals surface area contributed by atoms with Crippen LogP contribution < -0.4 is 20.1 Å². The summed E-state index contributed by atoms with van der Waals surface area (Å²) < 4.78 is 16.5. The molecule has 0 heterocycles. The predicted octanol–water partition coefficient (Wildman–Crippen LogP) is 5.44. The molecule has 2 aromatic carbocycles. The normalized spacial score (nSPS) is 11.1. The minimum absolute atomic E-state index is 0.0729. The first-order valence-electron chi connectivity index (χ1n) is 9.34. The Bertz CT molecular complexity index is 797. The molecule has 0 unspecified atom stereocenters. The topological polar surface area (TPSA) is 68.8 Å². The molecule has 0 aliphatic heterocycles. The van der Waals surface area contributed by atoms with Crippen LogP contribution in [-0.2, 0) is 11.3 Å². The van der Waals surface area contributed by atoms with Crippen LogP contribution in [0.4, 0.5) is 16.2 Å². The molecule has 6 heteroatoms. The van der Waals surface area contributed by atoms with Crippen LogP contribution in [0.5, 0.6) is 11.5 Å². The number of rotatable bonds is 7. The summed E-state index contributed by atoms with van der Waals surface area (Å²) in [5.41, 5.74) is 1.93. The molecule has 28 heavy (non-hydrogen) atoms. The third-order valence-electron chi connectivity index (χ3n) is 3.64. The summed E-state index contributed by atoms with van der Waals surface area (Å²) in [5.74, 6) is 1.40. The van der Waals surface area contributed by atoms with Crippen molar-refractivity contribution in [2.45, 2.75) is 52.9 Å². The van der Waals surface area contributed by atoms with Gasteiger partial charge in [0.1, 0.15) is 5.60 Å². The van der Waals surface area contributed by atoms with E-state index < -0.39 is 11.7 Å². The molecule has 0 bridgehead atoms. The molecule has 0 aromatic heterocycles. The minimum atomic E-state index is -0.553. The third-order valence-corrected chi connectivity index (χ3v) is 3.64. The highest BCUT2D eigenvalue weighted by Gasteiger charge is 2.17. The Labute approximate surface area is 167 Å².